The molecule has 0 N–H and O–H groups in total. The lowest BCUT2D eigenvalue weighted by atomic mass is 10.1. The minimum absolute atomic E-state index is 0.0142. The lowest BCUT2D eigenvalue weighted by molar-refractivity contribution is -0.114. The number of thiol groups is 1. The number of ether oxygens (including phenoxy) is 4. The van der Waals surface area contributed by atoms with E-state index >= 15 is 0 Å². The molecular weight excluding hydrogens is 256 g/mol. The fourth-order valence-electron chi connectivity index (χ4n) is 1.47. The van der Waals surface area contributed by atoms with E-state index in [0.717, 1.165) is 0 Å². The third-order valence-corrected chi connectivity index (χ3v) is 2.51. The molecule has 0 saturated carbocycles. The second-order valence-corrected chi connectivity index (χ2v) is 4.49. The van der Waals surface area contributed by atoms with Gasteiger partial charge in [-0.05, 0) is 13.3 Å². The SMILES string of the molecule is COCCOC(C)CC(CC(=O)S)OCCOC. The third kappa shape index (κ3) is 11.0. The zero-order chi connectivity index (χ0) is 13.8. The first-order chi connectivity index (χ1) is 8.60. The van der Waals surface area contributed by atoms with Crippen LogP contribution in [0.5, 0.6) is 0 Å². The fourth-order valence-corrected chi connectivity index (χ4v) is 1.68. The van der Waals surface area contributed by atoms with Crippen LogP contribution < -0.4 is 0 Å². The Balaban J connectivity index is 3.92. The van der Waals surface area contributed by atoms with Crippen molar-refractivity contribution in [3.05, 3.63) is 0 Å². The Labute approximate surface area is 115 Å². The average Bonchev–Trinajstić information content (AvgIpc) is 2.28. The third-order valence-electron chi connectivity index (χ3n) is 2.33. The molecule has 0 rings (SSSR count). The van der Waals surface area contributed by atoms with Crippen LogP contribution in [0.2, 0.25) is 0 Å². The molecule has 0 radical (unpaired) electrons. The highest BCUT2D eigenvalue weighted by Crippen LogP contribution is 2.11. The van der Waals surface area contributed by atoms with Crippen LogP contribution in [0, 0.1) is 0 Å². The zero-order valence-corrected chi connectivity index (χ0v) is 12.3. The first kappa shape index (κ1) is 17.9. The van der Waals surface area contributed by atoms with Gasteiger partial charge in [0.1, 0.15) is 0 Å². The largest absolute Gasteiger partial charge is 0.382 e. The fraction of sp³-hybridized carbons (Fsp3) is 0.917. The Morgan fingerprint density at radius 2 is 1.61 bits per heavy atom. The standard InChI is InChI=1S/C12H24O5S/c1-10(16-6-4-14-2)8-11(9-12(13)18)17-7-5-15-3/h10-11H,4-9H2,1-3H3,(H,13,18). The normalized spacial score (nSPS) is 14.4. The molecule has 0 fully saturated rings. The van der Waals surface area contributed by atoms with E-state index in [1.165, 1.54) is 0 Å². The van der Waals surface area contributed by atoms with Crippen LogP contribution in [0.4, 0.5) is 0 Å². The molecule has 0 aromatic heterocycles. The molecule has 0 bridgehead atoms. The van der Waals surface area contributed by atoms with Crippen molar-refractivity contribution in [2.75, 3.05) is 40.6 Å². The van der Waals surface area contributed by atoms with Crippen LogP contribution in [0.15, 0.2) is 0 Å². The van der Waals surface area contributed by atoms with Crippen molar-refractivity contribution in [3.63, 3.8) is 0 Å². The first-order valence-electron chi connectivity index (χ1n) is 6.03. The monoisotopic (exact) mass is 280 g/mol. The molecule has 6 heteroatoms. The Morgan fingerprint density at radius 3 is 2.11 bits per heavy atom. The number of carbonyl (C=O) groups excluding carboxylic acids is 1. The summed E-state index contributed by atoms with van der Waals surface area (Å²) in [7, 11) is 3.24. The molecular formula is C12H24O5S. The molecule has 0 amide bonds. The molecule has 2 unspecified atom stereocenters. The molecule has 0 saturated heterocycles. The van der Waals surface area contributed by atoms with E-state index in [2.05, 4.69) is 12.6 Å². The maximum atomic E-state index is 11.0. The van der Waals surface area contributed by atoms with Crippen LogP contribution >= 0.6 is 12.6 Å². The van der Waals surface area contributed by atoms with Gasteiger partial charge in [-0.3, -0.25) is 4.79 Å². The number of methoxy groups -OCH3 is 2. The summed E-state index contributed by atoms with van der Waals surface area (Å²) < 4.78 is 20.9. The van der Waals surface area contributed by atoms with Gasteiger partial charge in [-0.25, -0.2) is 0 Å². The summed E-state index contributed by atoms with van der Waals surface area (Å²) >= 11 is 3.78. The van der Waals surface area contributed by atoms with E-state index in [-0.39, 0.29) is 23.7 Å². The van der Waals surface area contributed by atoms with Gasteiger partial charge in [0.25, 0.3) is 0 Å². The van der Waals surface area contributed by atoms with Crippen LogP contribution in [-0.4, -0.2) is 58.0 Å². The van der Waals surface area contributed by atoms with Gasteiger partial charge in [-0.2, -0.15) is 0 Å². The Morgan fingerprint density at radius 1 is 1.06 bits per heavy atom. The van der Waals surface area contributed by atoms with Crippen molar-refractivity contribution in [1.29, 1.82) is 0 Å². The van der Waals surface area contributed by atoms with E-state index in [0.29, 0.717) is 32.8 Å². The summed E-state index contributed by atoms with van der Waals surface area (Å²) in [5.41, 5.74) is 0. The predicted molar refractivity (Wildman–Crippen MR) is 72.1 cm³/mol. The smallest absolute Gasteiger partial charge is 0.188 e. The Kier molecular flexibility index (Phi) is 11.8. The molecule has 0 aromatic rings. The van der Waals surface area contributed by atoms with E-state index < -0.39 is 0 Å². The predicted octanol–water partition coefficient (Wildman–Crippen LogP) is 1.31. The molecule has 0 heterocycles. The summed E-state index contributed by atoms with van der Waals surface area (Å²) in [6.07, 6.45) is 0.771. The quantitative estimate of drug-likeness (QED) is 0.431. The summed E-state index contributed by atoms with van der Waals surface area (Å²) in [5, 5.41) is -0.179. The summed E-state index contributed by atoms with van der Waals surface area (Å²) in [5.74, 6) is 0. The minimum atomic E-state index is -0.179. The Hall–Kier alpha value is -0.140. The van der Waals surface area contributed by atoms with Crippen LogP contribution in [0.1, 0.15) is 19.8 Å². The van der Waals surface area contributed by atoms with E-state index in [1.807, 2.05) is 6.92 Å². The maximum Gasteiger partial charge on any atom is 0.188 e. The van der Waals surface area contributed by atoms with Crippen LogP contribution in [-0.2, 0) is 23.7 Å². The van der Waals surface area contributed by atoms with Gasteiger partial charge in [0.2, 0.25) is 0 Å². The van der Waals surface area contributed by atoms with Crippen molar-refractivity contribution < 1.29 is 23.7 Å². The topological polar surface area (TPSA) is 54.0 Å². The molecule has 108 valence electrons. The van der Waals surface area contributed by atoms with Crippen LogP contribution in [0.3, 0.4) is 0 Å². The lowest BCUT2D eigenvalue weighted by Gasteiger charge is -2.20. The van der Waals surface area contributed by atoms with Gasteiger partial charge >= 0.3 is 0 Å². The van der Waals surface area contributed by atoms with E-state index in [1.54, 1.807) is 14.2 Å². The maximum absolute atomic E-state index is 11.0. The van der Waals surface area contributed by atoms with Gasteiger partial charge in [-0.1, -0.05) is 0 Å². The molecule has 0 aromatic carbocycles. The van der Waals surface area contributed by atoms with Gasteiger partial charge in [0.05, 0.1) is 38.6 Å². The van der Waals surface area contributed by atoms with Crippen LogP contribution in [0.25, 0.3) is 0 Å². The molecule has 0 aliphatic heterocycles. The molecule has 0 aliphatic rings. The summed E-state index contributed by atoms with van der Waals surface area (Å²) in [4.78, 5) is 11.0. The summed E-state index contributed by atoms with van der Waals surface area (Å²) in [6, 6.07) is 0. The molecule has 0 spiro atoms. The second-order valence-electron chi connectivity index (χ2n) is 3.99. The van der Waals surface area contributed by atoms with Crippen molar-refractivity contribution >= 4 is 17.7 Å². The first-order valence-corrected chi connectivity index (χ1v) is 6.47. The zero-order valence-electron chi connectivity index (χ0n) is 11.4. The number of rotatable bonds is 12. The van der Waals surface area contributed by atoms with Gasteiger partial charge in [0, 0.05) is 20.6 Å². The van der Waals surface area contributed by atoms with Crippen molar-refractivity contribution in [3.8, 4) is 0 Å². The number of carbonyl (C=O) groups is 1. The number of hydrogen-bond donors (Lipinski definition) is 1. The number of hydrogen-bond acceptors (Lipinski definition) is 5. The lowest BCUT2D eigenvalue weighted by Crippen LogP contribution is -2.25. The summed E-state index contributed by atoms with van der Waals surface area (Å²) in [6.45, 7) is 4.02. The van der Waals surface area contributed by atoms with E-state index in [4.69, 9.17) is 18.9 Å². The van der Waals surface area contributed by atoms with Gasteiger partial charge < -0.3 is 18.9 Å². The highest BCUT2D eigenvalue weighted by molar-refractivity contribution is 7.96. The molecule has 0 aliphatic carbocycles. The highest BCUT2D eigenvalue weighted by Gasteiger charge is 2.16. The molecule has 5 nitrogen and oxygen atoms in total. The van der Waals surface area contributed by atoms with Crippen molar-refractivity contribution in [2.45, 2.75) is 32.0 Å². The highest BCUT2D eigenvalue weighted by atomic mass is 32.1. The average molecular weight is 280 g/mol. The van der Waals surface area contributed by atoms with E-state index in [9.17, 15) is 4.79 Å². The van der Waals surface area contributed by atoms with Gasteiger partial charge in [-0.15, -0.1) is 12.6 Å². The Bertz CT molecular complexity index is 213. The molecule has 2 atom stereocenters. The molecule has 18 heavy (non-hydrogen) atoms. The van der Waals surface area contributed by atoms with Crippen molar-refractivity contribution in [1.82, 2.24) is 0 Å². The minimum Gasteiger partial charge on any atom is -0.382 e. The van der Waals surface area contributed by atoms with Crippen molar-refractivity contribution in [2.24, 2.45) is 0 Å². The second kappa shape index (κ2) is 11.9. The van der Waals surface area contributed by atoms with Gasteiger partial charge in [0.15, 0.2) is 5.12 Å².